The maximum atomic E-state index is 6.45. The van der Waals surface area contributed by atoms with Crippen molar-refractivity contribution >= 4 is 11.6 Å². The van der Waals surface area contributed by atoms with Crippen LogP contribution in [0.4, 0.5) is 0 Å². The van der Waals surface area contributed by atoms with Gasteiger partial charge in [-0.05, 0) is 36.7 Å². The fourth-order valence-corrected chi connectivity index (χ4v) is 2.97. The smallest absolute Gasteiger partial charge is 0.0346 e. The predicted octanol–water partition coefficient (Wildman–Crippen LogP) is 5.53. The highest BCUT2D eigenvalue weighted by Crippen LogP contribution is 2.30. The molecule has 0 aliphatic carbocycles. The summed E-state index contributed by atoms with van der Waals surface area (Å²) in [5.41, 5.74) is 3.06. The van der Waals surface area contributed by atoms with E-state index in [0.717, 1.165) is 12.8 Å². The third-order valence-corrected chi connectivity index (χ3v) is 3.39. The molecular weight excluding hydrogens is 228 g/mol. The number of hydrogen-bond acceptors (Lipinski definition) is 0. The van der Waals surface area contributed by atoms with E-state index in [9.17, 15) is 0 Å². The first kappa shape index (κ1) is 14.6. The van der Waals surface area contributed by atoms with Crippen LogP contribution in [0.15, 0.2) is 24.3 Å². The standard InChI is InChI=1S/C16H25Cl/c1-12-7-6-8-14(9-12)13(2)10-15(17)11-16(3,4)5/h6-9,13,15H,10-11H2,1-5H3. The number of halogens is 1. The molecule has 1 aromatic rings. The lowest BCUT2D eigenvalue weighted by Gasteiger charge is -2.24. The maximum absolute atomic E-state index is 6.45. The average Bonchev–Trinajstić information content (AvgIpc) is 2.14. The number of aryl methyl sites for hydroxylation is 1. The van der Waals surface area contributed by atoms with Gasteiger partial charge >= 0.3 is 0 Å². The van der Waals surface area contributed by atoms with Crippen LogP contribution in [0, 0.1) is 12.3 Å². The number of hydrogen-bond donors (Lipinski definition) is 0. The first-order chi connectivity index (χ1) is 7.78. The Hall–Kier alpha value is -0.490. The number of rotatable bonds is 4. The van der Waals surface area contributed by atoms with Crippen LogP contribution >= 0.6 is 11.6 Å². The summed E-state index contributed by atoms with van der Waals surface area (Å²) in [6.45, 7) is 11.2. The van der Waals surface area contributed by atoms with Crippen molar-refractivity contribution in [1.82, 2.24) is 0 Å². The minimum Gasteiger partial charge on any atom is -0.123 e. The Morgan fingerprint density at radius 1 is 1.24 bits per heavy atom. The summed E-state index contributed by atoms with van der Waals surface area (Å²) in [4.78, 5) is 0. The SMILES string of the molecule is Cc1cccc(C(C)CC(Cl)CC(C)(C)C)c1. The summed E-state index contributed by atoms with van der Waals surface area (Å²) in [6, 6.07) is 8.75. The molecule has 0 heterocycles. The van der Waals surface area contributed by atoms with Gasteiger partial charge in [-0.25, -0.2) is 0 Å². The molecule has 0 amide bonds. The van der Waals surface area contributed by atoms with E-state index in [-0.39, 0.29) is 5.38 Å². The van der Waals surface area contributed by atoms with Crippen molar-refractivity contribution in [3.63, 3.8) is 0 Å². The van der Waals surface area contributed by atoms with Gasteiger partial charge in [-0.1, -0.05) is 57.5 Å². The van der Waals surface area contributed by atoms with Gasteiger partial charge in [0.25, 0.3) is 0 Å². The highest BCUT2D eigenvalue weighted by molar-refractivity contribution is 6.20. The molecule has 0 aromatic heterocycles. The van der Waals surface area contributed by atoms with Crippen molar-refractivity contribution in [2.24, 2.45) is 5.41 Å². The quantitative estimate of drug-likeness (QED) is 0.618. The monoisotopic (exact) mass is 252 g/mol. The molecule has 96 valence electrons. The molecule has 0 saturated carbocycles. The molecule has 1 aromatic carbocycles. The predicted molar refractivity (Wildman–Crippen MR) is 77.9 cm³/mol. The van der Waals surface area contributed by atoms with Gasteiger partial charge in [-0.15, -0.1) is 11.6 Å². The molecule has 0 aliphatic rings. The van der Waals surface area contributed by atoms with Crippen molar-refractivity contribution in [3.05, 3.63) is 35.4 Å². The Bertz CT molecular complexity index is 349. The second kappa shape index (κ2) is 5.91. The molecule has 0 aliphatic heterocycles. The summed E-state index contributed by atoms with van der Waals surface area (Å²) >= 11 is 6.45. The fourth-order valence-electron chi connectivity index (χ4n) is 2.24. The van der Waals surface area contributed by atoms with E-state index in [1.54, 1.807) is 0 Å². The molecule has 2 unspecified atom stereocenters. The first-order valence-electron chi connectivity index (χ1n) is 6.48. The average molecular weight is 253 g/mol. The van der Waals surface area contributed by atoms with Crippen molar-refractivity contribution in [2.45, 2.75) is 58.8 Å². The summed E-state index contributed by atoms with van der Waals surface area (Å²) in [7, 11) is 0. The van der Waals surface area contributed by atoms with E-state index in [2.05, 4.69) is 58.9 Å². The van der Waals surface area contributed by atoms with Gasteiger partial charge in [-0.2, -0.15) is 0 Å². The molecule has 0 bridgehead atoms. The van der Waals surface area contributed by atoms with Gasteiger partial charge in [0, 0.05) is 5.38 Å². The van der Waals surface area contributed by atoms with Crippen molar-refractivity contribution < 1.29 is 0 Å². The lowest BCUT2D eigenvalue weighted by atomic mass is 9.86. The molecule has 1 heteroatoms. The van der Waals surface area contributed by atoms with Crippen LogP contribution in [0.1, 0.15) is 57.6 Å². The Labute approximate surface area is 111 Å². The Morgan fingerprint density at radius 2 is 1.88 bits per heavy atom. The molecule has 0 N–H and O–H groups in total. The minimum absolute atomic E-state index is 0.269. The molecule has 0 fully saturated rings. The third kappa shape index (κ3) is 5.59. The Kier molecular flexibility index (Phi) is 5.06. The van der Waals surface area contributed by atoms with Crippen LogP contribution in [0.25, 0.3) is 0 Å². The molecule has 0 spiro atoms. The van der Waals surface area contributed by atoms with Gasteiger partial charge in [0.2, 0.25) is 0 Å². The fraction of sp³-hybridized carbons (Fsp3) is 0.625. The lowest BCUT2D eigenvalue weighted by molar-refractivity contribution is 0.358. The topological polar surface area (TPSA) is 0 Å². The van der Waals surface area contributed by atoms with Gasteiger partial charge in [-0.3, -0.25) is 0 Å². The zero-order valence-corrected chi connectivity index (χ0v) is 12.5. The van der Waals surface area contributed by atoms with Crippen LogP contribution < -0.4 is 0 Å². The van der Waals surface area contributed by atoms with Crippen LogP contribution in [-0.2, 0) is 0 Å². The van der Waals surface area contributed by atoms with Gasteiger partial charge in [0.05, 0.1) is 0 Å². The van der Waals surface area contributed by atoms with Crippen molar-refractivity contribution in [2.75, 3.05) is 0 Å². The molecule has 2 atom stereocenters. The normalized spacial score (nSPS) is 15.6. The summed E-state index contributed by atoms with van der Waals surface area (Å²) in [6.07, 6.45) is 2.13. The number of alkyl halides is 1. The second-order valence-corrected chi connectivity index (χ2v) is 7.03. The highest BCUT2D eigenvalue weighted by Gasteiger charge is 2.19. The highest BCUT2D eigenvalue weighted by atomic mass is 35.5. The van der Waals surface area contributed by atoms with Crippen LogP contribution in [-0.4, -0.2) is 5.38 Å². The molecule has 0 saturated heterocycles. The van der Waals surface area contributed by atoms with Crippen molar-refractivity contribution in [1.29, 1.82) is 0 Å². The molecule has 17 heavy (non-hydrogen) atoms. The Morgan fingerprint density at radius 3 is 2.41 bits per heavy atom. The zero-order valence-electron chi connectivity index (χ0n) is 11.8. The van der Waals surface area contributed by atoms with Crippen molar-refractivity contribution in [3.8, 4) is 0 Å². The van der Waals surface area contributed by atoms with E-state index in [4.69, 9.17) is 11.6 Å². The maximum Gasteiger partial charge on any atom is 0.0346 e. The summed E-state index contributed by atoms with van der Waals surface area (Å²) in [5, 5.41) is 0.269. The van der Waals surface area contributed by atoms with E-state index in [0.29, 0.717) is 11.3 Å². The summed E-state index contributed by atoms with van der Waals surface area (Å²) < 4.78 is 0. The third-order valence-electron chi connectivity index (χ3n) is 3.05. The van der Waals surface area contributed by atoms with Gasteiger partial charge < -0.3 is 0 Å². The van der Waals surface area contributed by atoms with Crippen LogP contribution in [0.3, 0.4) is 0 Å². The van der Waals surface area contributed by atoms with E-state index in [1.165, 1.54) is 11.1 Å². The first-order valence-corrected chi connectivity index (χ1v) is 6.92. The molecule has 0 radical (unpaired) electrons. The van der Waals surface area contributed by atoms with E-state index < -0.39 is 0 Å². The van der Waals surface area contributed by atoms with E-state index >= 15 is 0 Å². The largest absolute Gasteiger partial charge is 0.123 e. The second-order valence-electron chi connectivity index (χ2n) is 6.41. The molecule has 1 rings (SSSR count). The molecular formula is C16H25Cl. The van der Waals surface area contributed by atoms with E-state index in [1.807, 2.05) is 0 Å². The summed E-state index contributed by atoms with van der Waals surface area (Å²) in [5.74, 6) is 0.541. The lowest BCUT2D eigenvalue weighted by Crippen LogP contribution is -2.15. The minimum atomic E-state index is 0.269. The number of benzene rings is 1. The Balaban J connectivity index is 2.57. The zero-order chi connectivity index (χ0) is 13.1. The van der Waals surface area contributed by atoms with Crippen LogP contribution in [0.5, 0.6) is 0 Å². The van der Waals surface area contributed by atoms with Gasteiger partial charge in [0.15, 0.2) is 0 Å². The van der Waals surface area contributed by atoms with Crippen LogP contribution in [0.2, 0.25) is 0 Å². The van der Waals surface area contributed by atoms with Gasteiger partial charge in [0.1, 0.15) is 0 Å². The molecule has 0 nitrogen and oxygen atoms in total.